The largest absolute Gasteiger partial charge is 0.435 e. The zero-order valence-corrected chi connectivity index (χ0v) is 13.8. The normalized spacial score (nSPS) is 10.5. The maximum Gasteiger partial charge on any atom is 0.227 e. The van der Waals surface area contributed by atoms with E-state index in [-0.39, 0.29) is 5.75 Å². The average Bonchev–Trinajstić information content (AvgIpc) is 2.47. The number of nitrogens with one attached hydrogen (secondary N) is 1. The van der Waals surface area contributed by atoms with Crippen molar-refractivity contribution in [2.24, 2.45) is 0 Å². The summed E-state index contributed by atoms with van der Waals surface area (Å²) in [5.74, 6) is 1.45. The Morgan fingerprint density at radius 3 is 2.71 bits per heavy atom. The first-order valence-electron chi connectivity index (χ1n) is 6.79. The van der Waals surface area contributed by atoms with E-state index in [1.165, 1.54) is 6.07 Å². The molecule has 2 aromatic rings. The summed E-state index contributed by atoms with van der Waals surface area (Å²) in [7, 11) is 0. The molecule has 0 fully saturated rings. The minimum Gasteiger partial charge on any atom is -0.435 e. The van der Waals surface area contributed by atoms with Crippen LogP contribution < -0.4 is 10.1 Å². The molecule has 0 saturated heterocycles. The summed E-state index contributed by atoms with van der Waals surface area (Å²) in [6, 6.07) is 4.55. The van der Waals surface area contributed by atoms with E-state index in [0.29, 0.717) is 18.1 Å². The van der Waals surface area contributed by atoms with Crippen LogP contribution in [0.3, 0.4) is 0 Å². The van der Waals surface area contributed by atoms with Gasteiger partial charge in [0.2, 0.25) is 5.88 Å². The average molecular weight is 354 g/mol. The van der Waals surface area contributed by atoms with Gasteiger partial charge in [0.25, 0.3) is 0 Å². The second-order valence-corrected chi connectivity index (χ2v) is 5.39. The molecule has 0 spiro atoms. The minimum absolute atomic E-state index is 0.135. The third kappa shape index (κ3) is 3.69. The van der Waals surface area contributed by atoms with Crippen LogP contribution in [0.5, 0.6) is 11.6 Å². The van der Waals surface area contributed by atoms with E-state index < -0.39 is 5.82 Å². The van der Waals surface area contributed by atoms with Crippen molar-refractivity contribution in [2.75, 3.05) is 11.9 Å². The van der Waals surface area contributed by atoms with Crippen LogP contribution in [0.25, 0.3) is 0 Å². The van der Waals surface area contributed by atoms with E-state index in [1.54, 1.807) is 12.1 Å². The van der Waals surface area contributed by atoms with Crippen molar-refractivity contribution in [3.8, 4) is 11.6 Å². The van der Waals surface area contributed by atoms with Gasteiger partial charge < -0.3 is 10.1 Å². The molecule has 0 radical (unpaired) electrons. The molecule has 6 heteroatoms. The molecule has 0 aliphatic heterocycles. The molecule has 112 valence electrons. The van der Waals surface area contributed by atoms with Crippen LogP contribution in [-0.2, 0) is 6.42 Å². The van der Waals surface area contributed by atoms with Gasteiger partial charge in [-0.05, 0) is 32.0 Å². The first kappa shape index (κ1) is 15.7. The van der Waals surface area contributed by atoms with Gasteiger partial charge in [-0.2, -0.15) is 4.98 Å². The standard InChI is InChI=1S/C15H17BrFN3O/c1-4-13-19-14(18-5-2)9(3)15(20-13)21-12-8-10(16)6-7-11(12)17/h6-8H,4-5H2,1-3H3,(H,18,19,20). The molecule has 21 heavy (non-hydrogen) atoms. The summed E-state index contributed by atoms with van der Waals surface area (Å²) in [6.07, 6.45) is 0.677. The summed E-state index contributed by atoms with van der Waals surface area (Å²) in [4.78, 5) is 8.76. The zero-order chi connectivity index (χ0) is 15.4. The molecular formula is C15H17BrFN3O. The van der Waals surface area contributed by atoms with Gasteiger partial charge in [-0.25, -0.2) is 9.37 Å². The Labute approximate surface area is 131 Å². The van der Waals surface area contributed by atoms with Gasteiger partial charge in [0.15, 0.2) is 11.6 Å². The van der Waals surface area contributed by atoms with Crippen LogP contribution in [0.4, 0.5) is 10.2 Å². The number of aryl methyl sites for hydroxylation is 1. The van der Waals surface area contributed by atoms with E-state index in [1.807, 2.05) is 20.8 Å². The van der Waals surface area contributed by atoms with Crippen LogP contribution in [0.15, 0.2) is 22.7 Å². The van der Waals surface area contributed by atoms with Crippen LogP contribution in [0.2, 0.25) is 0 Å². The van der Waals surface area contributed by atoms with Crippen molar-refractivity contribution < 1.29 is 9.13 Å². The van der Waals surface area contributed by atoms with Gasteiger partial charge in [-0.3, -0.25) is 0 Å². The molecule has 0 aliphatic carbocycles. The number of benzene rings is 1. The van der Waals surface area contributed by atoms with E-state index in [9.17, 15) is 4.39 Å². The molecule has 2 rings (SSSR count). The van der Waals surface area contributed by atoms with Crippen LogP contribution >= 0.6 is 15.9 Å². The summed E-state index contributed by atoms with van der Waals surface area (Å²) >= 11 is 3.30. The van der Waals surface area contributed by atoms with E-state index in [2.05, 4.69) is 31.2 Å². The number of rotatable bonds is 5. The Balaban J connectivity index is 2.43. The number of hydrogen-bond acceptors (Lipinski definition) is 4. The van der Waals surface area contributed by atoms with Crippen LogP contribution in [0, 0.1) is 12.7 Å². The number of aromatic nitrogens is 2. The van der Waals surface area contributed by atoms with Crippen LogP contribution in [-0.4, -0.2) is 16.5 Å². The fourth-order valence-corrected chi connectivity index (χ4v) is 2.14. The van der Waals surface area contributed by atoms with E-state index in [4.69, 9.17) is 4.74 Å². The topological polar surface area (TPSA) is 47.0 Å². The molecule has 0 unspecified atom stereocenters. The quantitative estimate of drug-likeness (QED) is 0.861. The van der Waals surface area contributed by atoms with Gasteiger partial charge in [0.05, 0.1) is 5.56 Å². The van der Waals surface area contributed by atoms with Gasteiger partial charge in [-0.15, -0.1) is 0 Å². The smallest absolute Gasteiger partial charge is 0.227 e. The van der Waals surface area contributed by atoms with Crippen molar-refractivity contribution in [1.82, 2.24) is 9.97 Å². The maximum atomic E-state index is 13.8. The molecule has 1 heterocycles. The lowest BCUT2D eigenvalue weighted by molar-refractivity contribution is 0.421. The van der Waals surface area contributed by atoms with Crippen molar-refractivity contribution in [3.63, 3.8) is 0 Å². The van der Waals surface area contributed by atoms with E-state index in [0.717, 1.165) is 22.4 Å². The minimum atomic E-state index is -0.431. The lowest BCUT2D eigenvalue weighted by atomic mass is 10.3. The fourth-order valence-electron chi connectivity index (χ4n) is 1.80. The third-order valence-electron chi connectivity index (χ3n) is 2.91. The van der Waals surface area contributed by atoms with Gasteiger partial charge in [0.1, 0.15) is 11.6 Å². The highest BCUT2D eigenvalue weighted by molar-refractivity contribution is 9.10. The number of anilines is 1. The lowest BCUT2D eigenvalue weighted by Crippen LogP contribution is -2.07. The van der Waals surface area contributed by atoms with Crippen LogP contribution in [0.1, 0.15) is 25.2 Å². The molecule has 1 N–H and O–H groups in total. The number of hydrogen-bond donors (Lipinski definition) is 1. The third-order valence-corrected chi connectivity index (χ3v) is 3.40. The van der Waals surface area contributed by atoms with Gasteiger partial charge in [-0.1, -0.05) is 22.9 Å². The summed E-state index contributed by atoms with van der Waals surface area (Å²) in [5, 5.41) is 3.17. The van der Waals surface area contributed by atoms with Crippen molar-refractivity contribution in [3.05, 3.63) is 39.9 Å². The van der Waals surface area contributed by atoms with Crippen molar-refractivity contribution in [1.29, 1.82) is 0 Å². The molecular weight excluding hydrogens is 337 g/mol. The Morgan fingerprint density at radius 1 is 1.29 bits per heavy atom. The molecule has 1 aromatic heterocycles. The fraction of sp³-hybridized carbons (Fsp3) is 0.333. The first-order chi connectivity index (χ1) is 10.0. The summed E-state index contributed by atoms with van der Waals surface area (Å²) < 4.78 is 20.2. The first-order valence-corrected chi connectivity index (χ1v) is 7.58. The maximum absolute atomic E-state index is 13.8. The SMILES string of the molecule is CCNc1nc(CC)nc(Oc2cc(Br)ccc2F)c1C. The summed E-state index contributed by atoms with van der Waals surface area (Å²) in [6.45, 7) is 6.54. The predicted molar refractivity (Wildman–Crippen MR) is 84.5 cm³/mol. The van der Waals surface area contributed by atoms with E-state index >= 15 is 0 Å². The number of halogens is 2. The molecule has 4 nitrogen and oxygen atoms in total. The lowest BCUT2D eigenvalue weighted by Gasteiger charge is -2.13. The second-order valence-electron chi connectivity index (χ2n) is 4.48. The molecule has 0 saturated carbocycles. The number of nitrogens with zero attached hydrogens (tertiary/aromatic N) is 2. The highest BCUT2D eigenvalue weighted by Gasteiger charge is 2.14. The molecule has 0 amide bonds. The highest BCUT2D eigenvalue weighted by atomic mass is 79.9. The number of ether oxygens (including phenoxy) is 1. The molecule has 1 aromatic carbocycles. The molecule has 0 atom stereocenters. The highest BCUT2D eigenvalue weighted by Crippen LogP contribution is 2.30. The monoisotopic (exact) mass is 353 g/mol. The Hall–Kier alpha value is -1.69. The Morgan fingerprint density at radius 2 is 2.05 bits per heavy atom. The van der Waals surface area contributed by atoms with Crippen molar-refractivity contribution >= 4 is 21.7 Å². The van der Waals surface area contributed by atoms with Crippen molar-refractivity contribution in [2.45, 2.75) is 27.2 Å². The van der Waals surface area contributed by atoms with Gasteiger partial charge in [0, 0.05) is 17.4 Å². The Bertz CT molecular complexity index is 649. The Kier molecular flexibility index (Phi) is 5.12. The molecule has 0 aliphatic rings. The molecule has 0 bridgehead atoms. The van der Waals surface area contributed by atoms with Gasteiger partial charge >= 0.3 is 0 Å². The zero-order valence-electron chi connectivity index (χ0n) is 12.2. The second kappa shape index (κ2) is 6.85. The predicted octanol–water partition coefficient (Wildman–Crippen LogP) is 4.47. The summed E-state index contributed by atoms with van der Waals surface area (Å²) in [5.41, 5.74) is 0.758.